The molecule has 2 aromatic heterocycles. The van der Waals surface area contributed by atoms with E-state index in [4.69, 9.17) is 33.3 Å². The molecule has 0 fully saturated rings. The second kappa shape index (κ2) is 5.34. The number of hydrogen-bond donors (Lipinski definition) is 1. The van der Waals surface area contributed by atoms with Crippen molar-refractivity contribution in [2.75, 3.05) is 14.2 Å². The van der Waals surface area contributed by atoms with Crippen molar-refractivity contribution in [3.8, 4) is 17.3 Å². The lowest BCUT2D eigenvalue weighted by Gasteiger charge is -2.08. The van der Waals surface area contributed by atoms with Crippen molar-refractivity contribution in [1.82, 2.24) is 19.5 Å². The van der Waals surface area contributed by atoms with Crippen molar-refractivity contribution in [2.45, 2.75) is 0 Å². The Morgan fingerprint density at radius 3 is 2.76 bits per heavy atom. The number of halogens is 1. The highest BCUT2D eigenvalue weighted by Gasteiger charge is 2.14. The number of aromatic nitrogens is 4. The SMILES string of the molecule is COc1cc(-n2c(=S)[nH]c3c(OC)ncnc32)ccc1Cl. The van der Waals surface area contributed by atoms with E-state index < -0.39 is 0 Å². The lowest BCUT2D eigenvalue weighted by molar-refractivity contribution is 0.401. The molecule has 0 amide bonds. The van der Waals surface area contributed by atoms with Gasteiger partial charge in [-0.25, -0.2) is 4.98 Å². The summed E-state index contributed by atoms with van der Waals surface area (Å²) in [7, 11) is 3.10. The average molecular weight is 323 g/mol. The van der Waals surface area contributed by atoms with Crippen LogP contribution in [0.25, 0.3) is 16.9 Å². The minimum absolute atomic E-state index is 0.436. The van der Waals surface area contributed by atoms with Gasteiger partial charge < -0.3 is 14.5 Å². The Balaban J connectivity index is 2.30. The molecule has 1 N–H and O–H groups in total. The highest BCUT2D eigenvalue weighted by molar-refractivity contribution is 7.71. The molecule has 0 spiro atoms. The molecule has 0 saturated heterocycles. The van der Waals surface area contributed by atoms with Gasteiger partial charge in [0.15, 0.2) is 10.4 Å². The lowest BCUT2D eigenvalue weighted by atomic mass is 10.3. The molecule has 0 atom stereocenters. The van der Waals surface area contributed by atoms with E-state index in [9.17, 15) is 0 Å². The van der Waals surface area contributed by atoms with Gasteiger partial charge in [0.2, 0.25) is 5.88 Å². The van der Waals surface area contributed by atoms with Gasteiger partial charge in [-0.3, -0.25) is 4.57 Å². The van der Waals surface area contributed by atoms with Crippen molar-refractivity contribution >= 4 is 35.0 Å². The third-order valence-corrected chi connectivity index (χ3v) is 3.62. The molecule has 0 aliphatic carbocycles. The number of hydrogen-bond acceptors (Lipinski definition) is 5. The number of fused-ring (bicyclic) bond motifs is 1. The zero-order chi connectivity index (χ0) is 15.0. The smallest absolute Gasteiger partial charge is 0.242 e. The summed E-state index contributed by atoms with van der Waals surface area (Å²) < 4.78 is 12.7. The number of imidazole rings is 1. The van der Waals surface area contributed by atoms with E-state index in [0.29, 0.717) is 32.6 Å². The summed E-state index contributed by atoms with van der Waals surface area (Å²) in [4.78, 5) is 11.4. The van der Waals surface area contributed by atoms with Crippen LogP contribution in [-0.2, 0) is 0 Å². The zero-order valence-electron chi connectivity index (χ0n) is 11.3. The summed E-state index contributed by atoms with van der Waals surface area (Å²) in [5, 5.41) is 0.528. The zero-order valence-corrected chi connectivity index (χ0v) is 12.8. The molecule has 0 aliphatic heterocycles. The summed E-state index contributed by atoms with van der Waals surface area (Å²) in [5.74, 6) is 0.997. The van der Waals surface area contributed by atoms with E-state index in [0.717, 1.165) is 5.69 Å². The van der Waals surface area contributed by atoms with Gasteiger partial charge in [-0.1, -0.05) is 11.6 Å². The number of benzene rings is 1. The average Bonchev–Trinajstić information content (AvgIpc) is 2.83. The molecule has 2 heterocycles. The molecule has 6 nitrogen and oxygen atoms in total. The number of nitrogens with one attached hydrogen (secondary N) is 1. The molecular formula is C13H11ClN4O2S. The van der Waals surface area contributed by atoms with Gasteiger partial charge in [0.1, 0.15) is 17.6 Å². The molecule has 0 radical (unpaired) electrons. The number of ether oxygens (including phenoxy) is 2. The van der Waals surface area contributed by atoms with Gasteiger partial charge in [0, 0.05) is 6.07 Å². The first-order chi connectivity index (χ1) is 10.2. The van der Waals surface area contributed by atoms with E-state index in [1.807, 2.05) is 6.07 Å². The first-order valence-corrected chi connectivity index (χ1v) is 6.78. The van der Waals surface area contributed by atoms with E-state index >= 15 is 0 Å². The topological polar surface area (TPSA) is 65.0 Å². The van der Waals surface area contributed by atoms with Gasteiger partial charge in [-0.2, -0.15) is 4.98 Å². The molecular weight excluding hydrogens is 312 g/mol. The summed E-state index contributed by atoms with van der Waals surface area (Å²) in [6.45, 7) is 0. The maximum atomic E-state index is 6.05. The summed E-state index contributed by atoms with van der Waals surface area (Å²) in [6.07, 6.45) is 1.42. The normalized spacial score (nSPS) is 10.8. The molecule has 0 aliphatic rings. The monoisotopic (exact) mass is 322 g/mol. The fraction of sp³-hybridized carbons (Fsp3) is 0.154. The Kier molecular flexibility index (Phi) is 3.52. The Hall–Kier alpha value is -2.12. The first kappa shape index (κ1) is 13.8. The van der Waals surface area contributed by atoms with Crippen molar-refractivity contribution in [1.29, 1.82) is 0 Å². The molecule has 0 saturated carbocycles. The van der Waals surface area contributed by atoms with Crippen LogP contribution in [0, 0.1) is 4.77 Å². The van der Waals surface area contributed by atoms with Crippen molar-refractivity contribution in [3.63, 3.8) is 0 Å². The lowest BCUT2D eigenvalue weighted by Crippen LogP contribution is -1.97. The third kappa shape index (κ3) is 2.24. The molecule has 0 bridgehead atoms. The van der Waals surface area contributed by atoms with Crippen LogP contribution in [0.5, 0.6) is 11.6 Å². The number of rotatable bonds is 3. The third-order valence-electron chi connectivity index (χ3n) is 3.03. The minimum Gasteiger partial charge on any atom is -0.495 e. The molecule has 108 valence electrons. The number of H-pyrrole nitrogens is 1. The Bertz CT molecular complexity index is 874. The van der Waals surface area contributed by atoms with Gasteiger partial charge >= 0.3 is 0 Å². The number of methoxy groups -OCH3 is 2. The van der Waals surface area contributed by atoms with Crippen molar-refractivity contribution in [2.24, 2.45) is 0 Å². The standard InChI is InChI=1S/C13H11ClN4O2S/c1-19-9-5-7(3-4-8(9)14)18-11-10(17-13(18)21)12(20-2)16-6-15-11/h3-6H,1-2H3,(H,17,21). The van der Waals surface area contributed by atoms with Crippen LogP contribution in [0.1, 0.15) is 0 Å². The summed E-state index contributed by atoms with van der Waals surface area (Å²) >= 11 is 11.4. The summed E-state index contributed by atoms with van der Waals surface area (Å²) in [5.41, 5.74) is 2.04. The van der Waals surface area contributed by atoms with E-state index in [1.165, 1.54) is 6.33 Å². The largest absolute Gasteiger partial charge is 0.495 e. The fourth-order valence-electron chi connectivity index (χ4n) is 2.08. The minimum atomic E-state index is 0.436. The number of nitrogens with zero attached hydrogens (tertiary/aromatic N) is 3. The van der Waals surface area contributed by atoms with E-state index in [2.05, 4.69) is 15.0 Å². The van der Waals surface area contributed by atoms with Crippen LogP contribution in [0.2, 0.25) is 5.02 Å². The molecule has 3 aromatic rings. The van der Waals surface area contributed by atoms with Gasteiger partial charge in [-0.15, -0.1) is 0 Å². The van der Waals surface area contributed by atoms with Gasteiger partial charge in [0.25, 0.3) is 0 Å². The Labute approximate surface area is 130 Å². The van der Waals surface area contributed by atoms with Crippen molar-refractivity contribution < 1.29 is 9.47 Å². The molecule has 1 aromatic carbocycles. The molecule has 3 rings (SSSR count). The van der Waals surface area contributed by atoms with Crippen molar-refractivity contribution in [3.05, 3.63) is 34.3 Å². The Morgan fingerprint density at radius 2 is 2.05 bits per heavy atom. The predicted molar refractivity (Wildman–Crippen MR) is 82.2 cm³/mol. The second-order valence-corrected chi connectivity index (χ2v) is 4.96. The van der Waals surface area contributed by atoms with E-state index in [-0.39, 0.29) is 0 Å². The van der Waals surface area contributed by atoms with E-state index in [1.54, 1.807) is 30.9 Å². The van der Waals surface area contributed by atoms with Crippen LogP contribution >= 0.6 is 23.8 Å². The van der Waals surface area contributed by atoms with Crippen LogP contribution in [0.3, 0.4) is 0 Å². The van der Waals surface area contributed by atoms with Crippen LogP contribution in [-0.4, -0.2) is 33.7 Å². The maximum absolute atomic E-state index is 6.05. The highest BCUT2D eigenvalue weighted by atomic mass is 35.5. The van der Waals surface area contributed by atoms with Gasteiger partial charge in [-0.05, 0) is 24.4 Å². The fourth-order valence-corrected chi connectivity index (χ4v) is 2.57. The van der Waals surface area contributed by atoms with Crippen LogP contribution in [0.4, 0.5) is 0 Å². The second-order valence-electron chi connectivity index (χ2n) is 4.17. The molecule has 21 heavy (non-hydrogen) atoms. The summed E-state index contributed by atoms with van der Waals surface area (Å²) in [6, 6.07) is 5.37. The highest BCUT2D eigenvalue weighted by Crippen LogP contribution is 2.29. The number of aromatic amines is 1. The maximum Gasteiger partial charge on any atom is 0.242 e. The Morgan fingerprint density at radius 1 is 1.24 bits per heavy atom. The van der Waals surface area contributed by atoms with Gasteiger partial charge in [0.05, 0.1) is 24.9 Å². The quantitative estimate of drug-likeness (QED) is 0.750. The van der Waals surface area contributed by atoms with Crippen LogP contribution < -0.4 is 9.47 Å². The predicted octanol–water partition coefficient (Wildman–Crippen LogP) is 3.15. The molecule has 0 unspecified atom stereocenters. The molecule has 8 heteroatoms. The van der Waals surface area contributed by atoms with Crippen LogP contribution in [0.15, 0.2) is 24.5 Å². The first-order valence-electron chi connectivity index (χ1n) is 5.99.